The number of hydrogen-bond acceptors (Lipinski definition) is 8. The summed E-state index contributed by atoms with van der Waals surface area (Å²) in [6, 6.07) is -0.685. The maximum Gasteiger partial charge on any atom is 0.250 e. The number of hydrazine groups is 1. The molecule has 0 radical (unpaired) electrons. The summed E-state index contributed by atoms with van der Waals surface area (Å²) in [4.78, 5) is 37.2. The monoisotopic (exact) mass is 438 g/mol. The Morgan fingerprint density at radius 3 is 2.77 bits per heavy atom. The van der Waals surface area contributed by atoms with Gasteiger partial charge in [0, 0.05) is 6.54 Å². The van der Waals surface area contributed by atoms with Gasteiger partial charge in [0.15, 0.2) is 0 Å². The van der Waals surface area contributed by atoms with Crippen molar-refractivity contribution in [3.05, 3.63) is 5.01 Å². The number of carbonyl (C=O) groups excluding carboxylic acids is 3. The summed E-state index contributed by atoms with van der Waals surface area (Å²) in [6.45, 7) is 2.47. The predicted octanol–water partition coefficient (Wildman–Crippen LogP) is 1.58. The lowest BCUT2D eigenvalue weighted by Crippen LogP contribution is -2.59. The number of aryl methyl sites for hydroxylation is 1. The van der Waals surface area contributed by atoms with Crippen LogP contribution in [0.25, 0.3) is 0 Å². The Morgan fingerprint density at radius 1 is 1.33 bits per heavy atom. The third-order valence-electron chi connectivity index (χ3n) is 5.76. The van der Waals surface area contributed by atoms with Gasteiger partial charge < -0.3 is 0 Å². The third kappa shape index (κ3) is 5.73. The van der Waals surface area contributed by atoms with Gasteiger partial charge in [0.2, 0.25) is 17.4 Å². The van der Waals surface area contributed by atoms with Gasteiger partial charge in [0.1, 0.15) is 11.0 Å². The molecule has 1 aromatic heterocycles. The van der Waals surface area contributed by atoms with Crippen LogP contribution in [0.15, 0.2) is 0 Å². The summed E-state index contributed by atoms with van der Waals surface area (Å²) in [5, 5.41) is 23.6. The highest BCUT2D eigenvalue weighted by atomic mass is 32.1. The molecule has 1 saturated heterocycles. The molecule has 3 rings (SSSR count). The van der Waals surface area contributed by atoms with E-state index in [2.05, 4.69) is 20.9 Å². The normalized spacial score (nSPS) is 20.7. The standard InChI is InChI=1S/C19H30N6O4S/c1-2-16-22-23-19(30-16)21-17(27)15-8-5-9-20-25(15)18(28)14(11-24(29)12-26)10-13-6-3-4-7-13/h12-15,20,29H,2-11H2,1H3,(H,21,23,27)/t14-,15+/m1/s1. The molecule has 1 aliphatic heterocycles. The van der Waals surface area contributed by atoms with E-state index in [9.17, 15) is 19.6 Å². The molecule has 1 saturated carbocycles. The summed E-state index contributed by atoms with van der Waals surface area (Å²) in [5.41, 5.74) is 3.05. The van der Waals surface area contributed by atoms with Gasteiger partial charge in [-0.25, -0.2) is 10.5 Å². The van der Waals surface area contributed by atoms with E-state index >= 15 is 0 Å². The van der Waals surface area contributed by atoms with E-state index in [-0.39, 0.29) is 18.4 Å². The molecule has 1 aliphatic carbocycles. The molecule has 11 heteroatoms. The minimum Gasteiger partial charge on any atom is -0.299 e. The van der Waals surface area contributed by atoms with Crippen LogP contribution in [0.4, 0.5) is 5.13 Å². The largest absolute Gasteiger partial charge is 0.299 e. The van der Waals surface area contributed by atoms with Crippen molar-refractivity contribution in [3.8, 4) is 0 Å². The van der Waals surface area contributed by atoms with Gasteiger partial charge >= 0.3 is 0 Å². The molecule has 2 atom stereocenters. The average Bonchev–Trinajstić information content (AvgIpc) is 3.44. The smallest absolute Gasteiger partial charge is 0.250 e. The van der Waals surface area contributed by atoms with E-state index in [1.807, 2.05) is 6.92 Å². The summed E-state index contributed by atoms with van der Waals surface area (Å²) in [7, 11) is 0. The quantitative estimate of drug-likeness (QED) is 0.303. The van der Waals surface area contributed by atoms with Crippen LogP contribution in [0.2, 0.25) is 0 Å². The lowest BCUT2D eigenvalue weighted by atomic mass is 9.91. The molecule has 10 nitrogen and oxygen atoms in total. The molecule has 0 unspecified atom stereocenters. The fraction of sp³-hybridized carbons (Fsp3) is 0.737. The summed E-state index contributed by atoms with van der Waals surface area (Å²) < 4.78 is 0. The second kappa shape index (κ2) is 10.8. The van der Waals surface area contributed by atoms with Crippen molar-refractivity contribution in [2.45, 2.75) is 64.3 Å². The van der Waals surface area contributed by atoms with Crippen molar-refractivity contribution >= 4 is 34.7 Å². The van der Waals surface area contributed by atoms with Crippen molar-refractivity contribution in [2.75, 3.05) is 18.4 Å². The number of hydroxylamine groups is 2. The molecule has 30 heavy (non-hydrogen) atoms. The number of anilines is 1. The first-order chi connectivity index (χ1) is 14.5. The first-order valence-corrected chi connectivity index (χ1v) is 11.4. The third-order valence-corrected chi connectivity index (χ3v) is 6.74. The molecular weight excluding hydrogens is 408 g/mol. The molecule has 0 bridgehead atoms. The predicted molar refractivity (Wildman–Crippen MR) is 110 cm³/mol. The molecule has 3 amide bonds. The lowest BCUT2D eigenvalue weighted by Gasteiger charge is -2.37. The Balaban J connectivity index is 1.71. The molecule has 3 N–H and O–H groups in total. The maximum atomic E-state index is 13.4. The van der Waals surface area contributed by atoms with Gasteiger partial charge in [0.05, 0.1) is 12.5 Å². The van der Waals surface area contributed by atoms with E-state index in [0.29, 0.717) is 41.9 Å². The molecule has 2 fully saturated rings. The van der Waals surface area contributed by atoms with E-state index < -0.39 is 12.0 Å². The van der Waals surface area contributed by atoms with Crippen LogP contribution in [-0.4, -0.2) is 62.8 Å². The zero-order valence-electron chi connectivity index (χ0n) is 17.2. The Hall–Kier alpha value is -2.11. The molecule has 166 valence electrons. The first kappa shape index (κ1) is 22.6. The highest BCUT2D eigenvalue weighted by molar-refractivity contribution is 7.15. The van der Waals surface area contributed by atoms with Crippen molar-refractivity contribution in [2.24, 2.45) is 11.8 Å². The number of nitrogens with zero attached hydrogens (tertiary/aromatic N) is 4. The van der Waals surface area contributed by atoms with Crippen LogP contribution in [0.3, 0.4) is 0 Å². The molecule has 0 spiro atoms. The highest BCUT2D eigenvalue weighted by Crippen LogP contribution is 2.31. The number of carbonyl (C=O) groups is 3. The minimum absolute atomic E-state index is 0.0817. The Kier molecular flexibility index (Phi) is 8.11. The molecular formula is C19H30N6O4S. The second-order valence-corrected chi connectivity index (χ2v) is 8.99. The van der Waals surface area contributed by atoms with Crippen LogP contribution < -0.4 is 10.7 Å². The van der Waals surface area contributed by atoms with E-state index in [0.717, 1.165) is 43.5 Å². The highest BCUT2D eigenvalue weighted by Gasteiger charge is 2.37. The lowest BCUT2D eigenvalue weighted by molar-refractivity contribution is -0.161. The topological polar surface area (TPSA) is 128 Å². The number of aromatic nitrogens is 2. The van der Waals surface area contributed by atoms with E-state index in [1.54, 1.807) is 0 Å². The van der Waals surface area contributed by atoms with Crippen LogP contribution in [0.1, 0.15) is 56.9 Å². The average molecular weight is 439 g/mol. The Bertz CT molecular complexity index is 738. The zero-order chi connectivity index (χ0) is 21.5. The van der Waals surface area contributed by atoms with Gasteiger partial charge in [-0.15, -0.1) is 10.2 Å². The Labute approximate surface area is 179 Å². The minimum atomic E-state index is -0.685. The summed E-state index contributed by atoms with van der Waals surface area (Å²) >= 11 is 1.32. The Morgan fingerprint density at radius 2 is 2.10 bits per heavy atom. The van der Waals surface area contributed by atoms with Gasteiger partial charge in [-0.3, -0.25) is 29.9 Å². The van der Waals surface area contributed by atoms with Crippen LogP contribution in [0, 0.1) is 11.8 Å². The number of rotatable bonds is 9. The van der Waals surface area contributed by atoms with Gasteiger partial charge in [-0.2, -0.15) is 0 Å². The van der Waals surface area contributed by atoms with Crippen molar-refractivity contribution < 1.29 is 19.6 Å². The SMILES string of the molecule is CCc1nnc(NC(=O)[C@@H]2CCCNN2C(=O)[C@H](CC2CCCC2)CN(O)C=O)s1. The molecule has 2 heterocycles. The number of amides is 3. The second-order valence-electron chi connectivity index (χ2n) is 7.93. The fourth-order valence-electron chi connectivity index (χ4n) is 4.22. The van der Waals surface area contributed by atoms with Crippen molar-refractivity contribution in [3.63, 3.8) is 0 Å². The van der Waals surface area contributed by atoms with Gasteiger partial charge in [-0.05, 0) is 31.6 Å². The molecule has 2 aliphatic rings. The maximum absolute atomic E-state index is 13.4. The molecule has 0 aromatic carbocycles. The zero-order valence-corrected chi connectivity index (χ0v) is 18.1. The van der Waals surface area contributed by atoms with Gasteiger partial charge in [0.25, 0.3) is 5.91 Å². The van der Waals surface area contributed by atoms with Crippen LogP contribution in [-0.2, 0) is 20.8 Å². The van der Waals surface area contributed by atoms with E-state index in [1.165, 1.54) is 16.3 Å². The number of hydrogen-bond donors (Lipinski definition) is 3. The molecule has 1 aromatic rings. The van der Waals surface area contributed by atoms with E-state index in [4.69, 9.17) is 0 Å². The van der Waals surface area contributed by atoms with Crippen molar-refractivity contribution in [1.82, 2.24) is 25.7 Å². The van der Waals surface area contributed by atoms with Gasteiger partial charge in [-0.1, -0.05) is 43.9 Å². The van der Waals surface area contributed by atoms with Crippen LogP contribution in [0.5, 0.6) is 0 Å². The summed E-state index contributed by atoms with van der Waals surface area (Å²) in [5.74, 6) is -0.762. The van der Waals surface area contributed by atoms with Crippen LogP contribution >= 0.6 is 11.3 Å². The number of nitrogens with one attached hydrogen (secondary N) is 2. The fourth-order valence-corrected chi connectivity index (χ4v) is 4.90. The first-order valence-electron chi connectivity index (χ1n) is 10.6. The van der Waals surface area contributed by atoms with Crippen molar-refractivity contribution in [1.29, 1.82) is 0 Å². The summed E-state index contributed by atoms with van der Waals surface area (Å²) in [6.07, 6.45) is 7.28.